The van der Waals surface area contributed by atoms with Crippen LogP contribution in [-0.2, 0) is 17.8 Å². The van der Waals surface area contributed by atoms with E-state index in [4.69, 9.17) is 0 Å². The molecule has 1 atom stereocenters. The van der Waals surface area contributed by atoms with Crippen molar-refractivity contribution in [1.82, 2.24) is 14.8 Å². The molecule has 0 saturated heterocycles. The highest BCUT2D eigenvalue weighted by atomic mass is 32.2. The SMILES string of the molecule is CCn1c(Cc2ccccc2)nnc1SC(C)C(=O)Nc1c(C)cccc1C(C)C. The minimum atomic E-state index is -0.288. The fourth-order valence-electron chi connectivity index (χ4n) is 3.41. The van der Waals surface area contributed by atoms with Crippen molar-refractivity contribution in [3.63, 3.8) is 0 Å². The third-order valence-corrected chi connectivity index (χ3v) is 6.22. The van der Waals surface area contributed by atoms with Gasteiger partial charge in [0.05, 0.1) is 5.25 Å². The highest BCUT2D eigenvalue weighted by Crippen LogP contribution is 2.29. The van der Waals surface area contributed by atoms with Crippen molar-refractivity contribution in [2.24, 2.45) is 0 Å². The van der Waals surface area contributed by atoms with E-state index in [1.807, 2.05) is 44.2 Å². The molecular formula is C24H30N4OS. The third-order valence-electron chi connectivity index (χ3n) is 5.14. The molecular weight excluding hydrogens is 392 g/mol. The summed E-state index contributed by atoms with van der Waals surface area (Å²) < 4.78 is 2.09. The third kappa shape index (κ3) is 5.11. The summed E-state index contributed by atoms with van der Waals surface area (Å²) >= 11 is 1.45. The molecule has 0 aliphatic carbocycles. The van der Waals surface area contributed by atoms with Crippen LogP contribution in [0.15, 0.2) is 53.7 Å². The number of amides is 1. The van der Waals surface area contributed by atoms with Gasteiger partial charge in [0.15, 0.2) is 5.16 Å². The maximum atomic E-state index is 13.0. The zero-order valence-corrected chi connectivity index (χ0v) is 19.2. The number of benzene rings is 2. The Balaban J connectivity index is 1.73. The van der Waals surface area contributed by atoms with Crippen molar-refractivity contribution in [1.29, 1.82) is 0 Å². The van der Waals surface area contributed by atoms with E-state index in [2.05, 4.69) is 59.1 Å². The lowest BCUT2D eigenvalue weighted by atomic mass is 9.98. The number of anilines is 1. The van der Waals surface area contributed by atoms with E-state index in [0.717, 1.165) is 40.8 Å². The molecule has 2 aromatic carbocycles. The van der Waals surface area contributed by atoms with Crippen molar-refractivity contribution in [3.05, 3.63) is 71.0 Å². The Labute approximate surface area is 183 Å². The monoisotopic (exact) mass is 422 g/mol. The Morgan fingerprint density at radius 3 is 2.47 bits per heavy atom. The van der Waals surface area contributed by atoms with Crippen LogP contribution in [0.2, 0.25) is 0 Å². The molecule has 3 rings (SSSR count). The van der Waals surface area contributed by atoms with Gasteiger partial charge in [-0.05, 0) is 43.4 Å². The second-order valence-corrected chi connectivity index (χ2v) is 9.06. The lowest BCUT2D eigenvalue weighted by molar-refractivity contribution is -0.115. The fraction of sp³-hybridized carbons (Fsp3) is 0.375. The van der Waals surface area contributed by atoms with Gasteiger partial charge in [-0.25, -0.2) is 0 Å². The molecule has 30 heavy (non-hydrogen) atoms. The summed E-state index contributed by atoms with van der Waals surface area (Å²) in [5.74, 6) is 1.23. The van der Waals surface area contributed by atoms with Crippen LogP contribution >= 0.6 is 11.8 Å². The molecule has 1 aromatic heterocycles. The van der Waals surface area contributed by atoms with Crippen LogP contribution in [0.4, 0.5) is 5.69 Å². The Kier molecular flexibility index (Phi) is 7.32. The second-order valence-electron chi connectivity index (χ2n) is 7.75. The Bertz CT molecular complexity index is 998. The van der Waals surface area contributed by atoms with Gasteiger partial charge in [-0.15, -0.1) is 10.2 Å². The molecule has 0 aliphatic heterocycles. The van der Waals surface area contributed by atoms with Gasteiger partial charge in [0.2, 0.25) is 5.91 Å². The zero-order valence-electron chi connectivity index (χ0n) is 18.3. The predicted octanol–water partition coefficient (Wildman–Crippen LogP) is 5.44. The Morgan fingerprint density at radius 1 is 1.07 bits per heavy atom. The first-order valence-electron chi connectivity index (χ1n) is 10.4. The second kappa shape index (κ2) is 9.94. The molecule has 1 heterocycles. The highest BCUT2D eigenvalue weighted by molar-refractivity contribution is 8.00. The summed E-state index contributed by atoms with van der Waals surface area (Å²) in [6, 6.07) is 16.4. The van der Waals surface area contributed by atoms with Crippen molar-refractivity contribution in [2.45, 2.75) is 63.9 Å². The lowest BCUT2D eigenvalue weighted by Crippen LogP contribution is -2.24. The summed E-state index contributed by atoms with van der Waals surface area (Å²) in [6.45, 7) is 11.1. The molecule has 0 spiro atoms. The van der Waals surface area contributed by atoms with E-state index in [9.17, 15) is 4.79 Å². The molecule has 1 amide bonds. The van der Waals surface area contributed by atoms with Gasteiger partial charge in [0.1, 0.15) is 5.82 Å². The number of nitrogens with zero attached hydrogens (tertiary/aromatic N) is 3. The van der Waals surface area contributed by atoms with E-state index in [1.165, 1.54) is 17.3 Å². The fourth-order valence-corrected chi connectivity index (χ4v) is 4.34. The topological polar surface area (TPSA) is 59.8 Å². The molecule has 1 N–H and O–H groups in total. The van der Waals surface area contributed by atoms with E-state index in [-0.39, 0.29) is 11.2 Å². The van der Waals surface area contributed by atoms with Crippen LogP contribution in [0.1, 0.15) is 56.1 Å². The van der Waals surface area contributed by atoms with Crippen molar-refractivity contribution in [2.75, 3.05) is 5.32 Å². The number of carbonyl (C=O) groups excluding carboxylic acids is 1. The summed E-state index contributed by atoms with van der Waals surface area (Å²) in [6.07, 6.45) is 0.726. The number of rotatable bonds is 8. The Morgan fingerprint density at radius 2 is 1.80 bits per heavy atom. The molecule has 0 aliphatic rings. The lowest BCUT2D eigenvalue weighted by Gasteiger charge is -2.18. The largest absolute Gasteiger partial charge is 0.325 e. The molecule has 1 unspecified atom stereocenters. The molecule has 0 saturated carbocycles. The van der Waals surface area contributed by atoms with Crippen LogP contribution < -0.4 is 5.32 Å². The van der Waals surface area contributed by atoms with Crippen LogP contribution in [0, 0.1) is 6.92 Å². The number of thioether (sulfide) groups is 1. The summed E-state index contributed by atoms with van der Waals surface area (Å²) in [7, 11) is 0. The number of hydrogen-bond acceptors (Lipinski definition) is 4. The van der Waals surface area contributed by atoms with Crippen LogP contribution in [-0.4, -0.2) is 25.9 Å². The van der Waals surface area contributed by atoms with Crippen molar-refractivity contribution >= 4 is 23.4 Å². The average Bonchev–Trinajstić information content (AvgIpc) is 3.10. The van der Waals surface area contributed by atoms with E-state index in [1.54, 1.807) is 0 Å². The Hall–Kier alpha value is -2.60. The summed E-state index contributed by atoms with van der Waals surface area (Å²) in [5, 5.41) is 12.4. The van der Waals surface area contributed by atoms with E-state index < -0.39 is 0 Å². The van der Waals surface area contributed by atoms with Gasteiger partial charge in [0, 0.05) is 18.7 Å². The van der Waals surface area contributed by atoms with E-state index >= 15 is 0 Å². The molecule has 0 fully saturated rings. The van der Waals surface area contributed by atoms with Gasteiger partial charge in [-0.1, -0.05) is 74.1 Å². The number of para-hydroxylation sites is 1. The van der Waals surface area contributed by atoms with Gasteiger partial charge in [0.25, 0.3) is 0 Å². The molecule has 5 nitrogen and oxygen atoms in total. The van der Waals surface area contributed by atoms with Crippen LogP contribution in [0.3, 0.4) is 0 Å². The van der Waals surface area contributed by atoms with Gasteiger partial charge in [-0.3, -0.25) is 4.79 Å². The van der Waals surface area contributed by atoms with Crippen molar-refractivity contribution in [3.8, 4) is 0 Å². The van der Waals surface area contributed by atoms with Crippen LogP contribution in [0.25, 0.3) is 0 Å². The summed E-state index contributed by atoms with van der Waals surface area (Å²) in [4.78, 5) is 13.0. The standard InChI is InChI=1S/C24H30N4OS/c1-6-28-21(15-19-12-8-7-9-13-19)26-27-24(28)30-18(5)23(29)25-22-17(4)11-10-14-20(22)16(2)3/h7-14,16,18H,6,15H2,1-5H3,(H,25,29). The molecule has 6 heteroatoms. The molecule has 3 aromatic rings. The van der Waals surface area contributed by atoms with E-state index in [0.29, 0.717) is 5.92 Å². The van der Waals surface area contributed by atoms with Gasteiger partial charge in [-0.2, -0.15) is 0 Å². The number of nitrogens with one attached hydrogen (secondary N) is 1. The average molecular weight is 423 g/mol. The maximum Gasteiger partial charge on any atom is 0.237 e. The summed E-state index contributed by atoms with van der Waals surface area (Å²) in [5.41, 5.74) is 4.35. The maximum absolute atomic E-state index is 13.0. The highest BCUT2D eigenvalue weighted by Gasteiger charge is 2.21. The number of aromatic nitrogens is 3. The first-order valence-corrected chi connectivity index (χ1v) is 11.3. The minimum Gasteiger partial charge on any atom is -0.325 e. The number of hydrogen-bond donors (Lipinski definition) is 1. The van der Waals surface area contributed by atoms with Crippen molar-refractivity contribution < 1.29 is 4.79 Å². The normalized spacial score (nSPS) is 12.2. The molecule has 0 radical (unpaired) electrons. The minimum absolute atomic E-state index is 0.0218. The first kappa shape index (κ1) is 22.1. The predicted molar refractivity (Wildman–Crippen MR) is 124 cm³/mol. The zero-order chi connectivity index (χ0) is 21.7. The smallest absolute Gasteiger partial charge is 0.237 e. The number of aryl methyl sites for hydroxylation is 1. The number of carbonyl (C=O) groups is 1. The first-order chi connectivity index (χ1) is 14.4. The van der Waals surface area contributed by atoms with Gasteiger partial charge < -0.3 is 9.88 Å². The van der Waals surface area contributed by atoms with Gasteiger partial charge >= 0.3 is 0 Å². The van der Waals surface area contributed by atoms with Crippen LogP contribution in [0.5, 0.6) is 0 Å². The molecule has 158 valence electrons. The quantitative estimate of drug-likeness (QED) is 0.491. The molecule has 0 bridgehead atoms.